The monoisotopic (exact) mass is 298 g/mol. The molecule has 0 fully saturated rings. The molecule has 0 saturated heterocycles. The van der Waals surface area contributed by atoms with Crippen LogP contribution in [0.3, 0.4) is 0 Å². The molecule has 0 heterocycles. The lowest BCUT2D eigenvalue weighted by molar-refractivity contribution is -0.139. The van der Waals surface area contributed by atoms with Crippen molar-refractivity contribution in [3.63, 3.8) is 0 Å². The molecule has 0 aliphatic heterocycles. The molecule has 0 spiro atoms. The van der Waals surface area contributed by atoms with Crippen molar-refractivity contribution >= 4 is 17.7 Å². The van der Waals surface area contributed by atoms with Crippen LogP contribution in [-0.4, -0.2) is 30.3 Å². The minimum absolute atomic E-state index is 0.158. The molecule has 1 unspecified atom stereocenters. The number of hydrogen-bond acceptors (Lipinski definition) is 3. The number of anilines is 1. The SMILES string of the molecule is CCCCC(NC(=O)Nc1ccc(F)cc1OC)C(=O)O. The van der Waals surface area contributed by atoms with Crippen LogP contribution in [0.25, 0.3) is 0 Å². The Bertz CT molecular complexity index is 508. The fourth-order valence-corrected chi connectivity index (χ4v) is 1.75. The van der Waals surface area contributed by atoms with Gasteiger partial charge in [0.05, 0.1) is 12.8 Å². The van der Waals surface area contributed by atoms with Gasteiger partial charge in [0.15, 0.2) is 0 Å². The van der Waals surface area contributed by atoms with E-state index in [1.54, 1.807) is 0 Å². The minimum atomic E-state index is -1.09. The summed E-state index contributed by atoms with van der Waals surface area (Å²) in [6.45, 7) is 1.93. The van der Waals surface area contributed by atoms with Gasteiger partial charge in [0, 0.05) is 6.07 Å². The van der Waals surface area contributed by atoms with Gasteiger partial charge in [-0.15, -0.1) is 0 Å². The molecular weight excluding hydrogens is 279 g/mol. The van der Waals surface area contributed by atoms with Crippen LogP contribution in [-0.2, 0) is 4.79 Å². The van der Waals surface area contributed by atoms with Gasteiger partial charge >= 0.3 is 12.0 Å². The van der Waals surface area contributed by atoms with Gasteiger partial charge in [0.1, 0.15) is 17.6 Å². The Labute approximate surface area is 122 Å². The van der Waals surface area contributed by atoms with E-state index in [-0.39, 0.29) is 11.4 Å². The number of carbonyl (C=O) groups excluding carboxylic acids is 1. The second-order valence-electron chi connectivity index (χ2n) is 4.48. The maximum Gasteiger partial charge on any atom is 0.326 e. The number of nitrogens with one attached hydrogen (secondary N) is 2. The van der Waals surface area contributed by atoms with Crippen LogP contribution in [0.15, 0.2) is 18.2 Å². The van der Waals surface area contributed by atoms with Gasteiger partial charge < -0.3 is 20.5 Å². The highest BCUT2D eigenvalue weighted by Gasteiger charge is 2.19. The summed E-state index contributed by atoms with van der Waals surface area (Å²) in [7, 11) is 1.35. The third-order valence-electron chi connectivity index (χ3n) is 2.86. The van der Waals surface area contributed by atoms with E-state index < -0.39 is 23.9 Å². The van der Waals surface area contributed by atoms with Gasteiger partial charge in [-0.2, -0.15) is 0 Å². The first-order valence-electron chi connectivity index (χ1n) is 6.61. The minimum Gasteiger partial charge on any atom is -0.494 e. The number of carboxylic acids is 1. The molecule has 6 nitrogen and oxygen atoms in total. The van der Waals surface area contributed by atoms with Crippen molar-refractivity contribution in [3.05, 3.63) is 24.0 Å². The van der Waals surface area contributed by atoms with E-state index in [9.17, 15) is 14.0 Å². The first-order chi connectivity index (χ1) is 9.97. The Hall–Kier alpha value is -2.31. The summed E-state index contributed by atoms with van der Waals surface area (Å²) < 4.78 is 18.0. The molecule has 1 aromatic carbocycles. The average Bonchev–Trinajstić information content (AvgIpc) is 2.44. The Kier molecular flexibility index (Phi) is 6.45. The largest absolute Gasteiger partial charge is 0.494 e. The number of ether oxygens (including phenoxy) is 1. The Morgan fingerprint density at radius 1 is 1.43 bits per heavy atom. The highest BCUT2D eigenvalue weighted by atomic mass is 19.1. The van der Waals surface area contributed by atoms with Gasteiger partial charge in [-0.3, -0.25) is 0 Å². The van der Waals surface area contributed by atoms with Crippen LogP contribution in [0.4, 0.5) is 14.9 Å². The molecule has 0 bridgehead atoms. The van der Waals surface area contributed by atoms with Crippen molar-refractivity contribution in [2.24, 2.45) is 0 Å². The molecule has 0 saturated carbocycles. The van der Waals surface area contributed by atoms with E-state index in [1.807, 2.05) is 6.92 Å². The number of halogens is 1. The van der Waals surface area contributed by atoms with E-state index in [1.165, 1.54) is 19.2 Å². The van der Waals surface area contributed by atoms with Crippen molar-refractivity contribution in [2.75, 3.05) is 12.4 Å². The normalized spacial score (nSPS) is 11.6. The number of rotatable bonds is 7. The summed E-state index contributed by atoms with van der Waals surface area (Å²) in [5.74, 6) is -1.43. The number of unbranched alkanes of at least 4 members (excludes halogenated alkanes) is 1. The quantitative estimate of drug-likeness (QED) is 0.722. The van der Waals surface area contributed by atoms with Crippen molar-refractivity contribution in [1.29, 1.82) is 0 Å². The summed E-state index contributed by atoms with van der Waals surface area (Å²) in [6.07, 6.45) is 1.87. The maximum absolute atomic E-state index is 13.0. The molecule has 3 N–H and O–H groups in total. The number of amides is 2. The molecule has 0 aromatic heterocycles. The second-order valence-corrected chi connectivity index (χ2v) is 4.48. The summed E-state index contributed by atoms with van der Waals surface area (Å²) >= 11 is 0. The number of methoxy groups -OCH3 is 1. The number of urea groups is 1. The maximum atomic E-state index is 13.0. The molecule has 21 heavy (non-hydrogen) atoms. The van der Waals surface area contributed by atoms with E-state index in [4.69, 9.17) is 9.84 Å². The van der Waals surface area contributed by atoms with Crippen LogP contribution < -0.4 is 15.4 Å². The standard InChI is InChI=1S/C14H19FN2O4/c1-3-4-5-11(13(18)19)17-14(20)16-10-7-6-9(15)8-12(10)21-2/h6-8,11H,3-5H2,1-2H3,(H,18,19)(H2,16,17,20). The number of aliphatic carboxylic acids is 1. The van der Waals surface area contributed by atoms with Gasteiger partial charge in [-0.1, -0.05) is 19.8 Å². The lowest BCUT2D eigenvalue weighted by Crippen LogP contribution is -2.43. The smallest absolute Gasteiger partial charge is 0.326 e. The third-order valence-corrected chi connectivity index (χ3v) is 2.86. The zero-order chi connectivity index (χ0) is 15.8. The van der Waals surface area contributed by atoms with E-state index in [0.29, 0.717) is 12.8 Å². The molecule has 1 aromatic rings. The van der Waals surface area contributed by atoms with E-state index in [0.717, 1.165) is 12.5 Å². The highest BCUT2D eigenvalue weighted by molar-refractivity contribution is 5.93. The summed E-state index contributed by atoms with van der Waals surface area (Å²) in [5.41, 5.74) is 0.260. The second kappa shape index (κ2) is 8.08. The van der Waals surface area contributed by atoms with E-state index >= 15 is 0 Å². The summed E-state index contributed by atoms with van der Waals surface area (Å²) in [6, 6.07) is 2.00. The van der Waals surface area contributed by atoms with Crippen molar-refractivity contribution < 1.29 is 23.8 Å². The van der Waals surface area contributed by atoms with Crippen molar-refractivity contribution in [2.45, 2.75) is 32.2 Å². The zero-order valence-corrected chi connectivity index (χ0v) is 12.0. The molecule has 1 atom stereocenters. The fourth-order valence-electron chi connectivity index (χ4n) is 1.75. The fraction of sp³-hybridized carbons (Fsp3) is 0.429. The van der Waals surface area contributed by atoms with Crippen molar-refractivity contribution in [1.82, 2.24) is 5.32 Å². The third kappa shape index (κ3) is 5.29. The number of carbonyl (C=O) groups is 2. The predicted molar refractivity (Wildman–Crippen MR) is 76.1 cm³/mol. The molecule has 116 valence electrons. The average molecular weight is 298 g/mol. The van der Waals surface area contributed by atoms with E-state index in [2.05, 4.69) is 10.6 Å². The summed E-state index contributed by atoms with van der Waals surface area (Å²) in [5, 5.41) is 13.8. The van der Waals surface area contributed by atoms with Gasteiger partial charge in [-0.25, -0.2) is 14.0 Å². The number of carboxylic acid groups (broad SMARTS) is 1. The first kappa shape index (κ1) is 16.7. The molecule has 0 aliphatic rings. The van der Waals surface area contributed by atoms with Gasteiger partial charge in [0.25, 0.3) is 0 Å². The topological polar surface area (TPSA) is 87.7 Å². The van der Waals surface area contributed by atoms with Crippen LogP contribution in [0.5, 0.6) is 5.75 Å². The molecule has 1 rings (SSSR count). The van der Waals surface area contributed by atoms with Crippen LogP contribution in [0, 0.1) is 5.82 Å². The predicted octanol–water partition coefficient (Wildman–Crippen LogP) is 2.60. The number of hydrogen-bond donors (Lipinski definition) is 3. The van der Waals surface area contributed by atoms with Crippen LogP contribution in [0.2, 0.25) is 0 Å². The Balaban J connectivity index is 2.69. The first-order valence-corrected chi connectivity index (χ1v) is 6.61. The molecule has 0 radical (unpaired) electrons. The number of benzene rings is 1. The lowest BCUT2D eigenvalue weighted by atomic mass is 10.1. The molecule has 0 aliphatic carbocycles. The highest BCUT2D eigenvalue weighted by Crippen LogP contribution is 2.24. The van der Waals surface area contributed by atoms with Crippen LogP contribution >= 0.6 is 0 Å². The molecule has 7 heteroatoms. The van der Waals surface area contributed by atoms with Gasteiger partial charge in [-0.05, 0) is 18.6 Å². The van der Waals surface area contributed by atoms with Crippen molar-refractivity contribution in [3.8, 4) is 5.75 Å². The Morgan fingerprint density at radius 3 is 2.71 bits per heavy atom. The molecule has 2 amide bonds. The zero-order valence-electron chi connectivity index (χ0n) is 12.0. The Morgan fingerprint density at radius 2 is 2.14 bits per heavy atom. The molecular formula is C14H19FN2O4. The van der Waals surface area contributed by atoms with Crippen LogP contribution in [0.1, 0.15) is 26.2 Å². The summed E-state index contributed by atoms with van der Waals surface area (Å²) in [4.78, 5) is 22.9. The van der Waals surface area contributed by atoms with Gasteiger partial charge in [0.2, 0.25) is 0 Å². The lowest BCUT2D eigenvalue weighted by Gasteiger charge is -2.16.